The number of aldehydes is 1. The lowest BCUT2D eigenvalue weighted by molar-refractivity contribution is 0.112. The third kappa shape index (κ3) is 3.83. The van der Waals surface area contributed by atoms with Crippen molar-refractivity contribution in [1.82, 2.24) is 4.31 Å². The molecule has 0 radical (unpaired) electrons. The van der Waals surface area contributed by atoms with Gasteiger partial charge in [-0.15, -0.1) is 0 Å². The molecule has 0 spiro atoms. The fourth-order valence-corrected chi connectivity index (χ4v) is 4.86. The van der Waals surface area contributed by atoms with Crippen LogP contribution in [0, 0.1) is 6.92 Å². The predicted octanol–water partition coefficient (Wildman–Crippen LogP) is 2.34. The molecule has 3 rings (SSSR count). The number of aryl methyl sites for hydroxylation is 1. The Morgan fingerprint density at radius 1 is 0.964 bits per heavy atom. The molecule has 0 unspecified atom stereocenters. The lowest BCUT2D eigenvalue weighted by atomic mass is 10.1. The molecule has 28 heavy (non-hydrogen) atoms. The van der Waals surface area contributed by atoms with Crippen LogP contribution in [-0.4, -0.2) is 59.4 Å². The first-order valence-corrected chi connectivity index (χ1v) is 10.4. The van der Waals surface area contributed by atoms with Crippen LogP contribution >= 0.6 is 0 Å². The van der Waals surface area contributed by atoms with Crippen molar-refractivity contribution >= 4 is 22.0 Å². The van der Waals surface area contributed by atoms with Crippen LogP contribution in [0.25, 0.3) is 0 Å². The highest BCUT2D eigenvalue weighted by atomic mass is 32.2. The van der Waals surface area contributed by atoms with Gasteiger partial charge in [0.05, 0.1) is 14.2 Å². The van der Waals surface area contributed by atoms with Crippen LogP contribution in [0.15, 0.2) is 41.3 Å². The van der Waals surface area contributed by atoms with Crippen molar-refractivity contribution in [1.29, 1.82) is 0 Å². The zero-order chi connectivity index (χ0) is 20.3. The van der Waals surface area contributed by atoms with Crippen molar-refractivity contribution in [2.45, 2.75) is 11.8 Å². The average molecular weight is 404 g/mol. The van der Waals surface area contributed by atoms with Crippen molar-refractivity contribution in [2.24, 2.45) is 0 Å². The second kappa shape index (κ2) is 8.20. The predicted molar refractivity (Wildman–Crippen MR) is 107 cm³/mol. The maximum absolute atomic E-state index is 13.1. The summed E-state index contributed by atoms with van der Waals surface area (Å²) in [7, 11) is -0.714. The summed E-state index contributed by atoms with van der Waals surface area (Å²) in [5, 5.41) is 0. The third-order valence-electron chi connectivity index (χ3n) is 4.97. The number of piperazine rings is 1. The molecule has 1 aliphatic heterocycles. The zero-order valence-corrected chi connectivity index (χ0v) is 17.0. The molecule has 1 heterocycles. The van der Waals surface area contributed by atoms with Gasteiger partial charge in [0.1, 0.15) is 22.7 Å². The molecule has 0 aromatic heterocycles. The van der Waals surface area contributed by atoms with E-state index in [-0.39, 0.29) is 10.6 Å². The Morgan fingerprint density at radius 3 is 2.25 bits per heavy atom. The number of rotatable bonds is 6. The van der Waals surface area contributed by atoms with Gasteiger partial charge in [0.25, 0.3) is 0 Å². The Hall–Kier alpha value is -2.58. The van der Waals surface area contributed by atoms with Gasteiger partial charge in [-0.1, -0.05) is 0 Å². The number of methoxy groups -OCH3 is 2. The largest absolute Gasteiger partial charge is 0.497 e. The van der Waals surface area contributed by atoms with Crippen molar-refractivity contribution in [3.8, 4) is 11.5 Å². The number of hydrogen-bond donors (Lipinski definition) is 0. The van der Waals surface area contributed by atoms with E-state index in [4.69, 9.17) is 9.47 Å². The topological polar surface area (TPSA) is 76.2 Å². The number of carbonyl (C=O) groups excluding carboxylic acids is 1. The summed E-state index contributed by atoms with van der Waals surface area (Å²) in [4.78, 5) is 13.2. The molecule has 150 valence electrons. The second-order valence-corrected chi connectivity index (χ2v) is 8.47. The average Bonchev–Trinajstić information content (AvgIpc) is 2.73. The first kappa shape index (κ1) is 20.2. The minimum absolute atomic E-state index is 0.135. The number of sulfonamides is 1. The highest BCUT2D eigenvalue weighted by molar-refractivity contribution is 7.89. The number of hydrogen-bond acceptors (Lipinski definition) is 6. The lowest BCUT2D eigenvalue weighted by Gasteiger charge is -2.35. The van der Waals surface area contributed by atoms with Gasteiger partial charge < -0.3 is 14.4 Å². The standard InChI is InChI=1S/C20H24N2O5S/c1-15-12-17(5-4-16(15)14-23)21-8-10-22(11-9-21)28(24,25)20-7-6-18(26-2)13-19(20)27-3/h4-7,12-14H,8-11H2,1-3H3. The molecule has 2 aromatic rings. The van der Waals surface area contributed by atoms with Crippen molar-refractivity contribution in [3.63, 3.8) is 0 Å². The molecule has 1 fully saturated rings. The highest BCUT2D eigenvalue weighted by Gasteiger charge is 2.31. The molecule has 0 N–H and O–H groups in total. The molecular formula is C20H24N2O5S. The molecule has 0 bridgehead atoms. The second-order valence-electron chi connectivity index (χ2n) is 6.57. The summed E-state index contributed by atoms with van der Waals surface area (Å²) in [5.41, 5.74) is 2.56. The summed E-state index contributed by atoms with van der Waals surface area (Å²) >= 11 is 0. The number of anilines is 1. The Kier molecular flexibility index (Phi) is 5.90. The molecule has 1 saturated heterocycles. The maximum atomic E-state index is 13.1. The van der Waals surface area contributed by atoms with E-state index >= 15 is 0 Å². The minimum Gasteiger partial charge on any atom is -0.497 e. The van der Waals surface area contributed by atoms with Crippen molar-refractivity contribution in [2.75, 3.05) is 45.3 Å². The monoisotopic (exact) mass is 404 g/mol. The van der Waals surface area contributed by atoms with Crippen LogP contribution in [0.5, 0.6) is 11.5 Å². The summed E-state index contributed by atoms with van der Waals surface area (Å²) in [6, 6.07) is 10.3. The quantitative estimate of drug-likeness (QED) is 0.688. The van der Waals surface area contributed by atoms with Crippen LogP contribution in [0.4, 0.5) is 5.69 Å². The van der Waals surface area contributed by atoms with Gasteiger partial charge in [0.2, 0.25) is 10.0 Å². The van der Waals surface area contributed by atoms with Crippen molar-refractivity contribution < 1.29 is 22.7 Å². The minimum atomic E-state index is -3.67. The Morgan fingerprint density at radius 2 is 1.68 bits per heavy atom. The first-order chi connectivity index (χ1) is 13.4. The van der Waals surface area contributed by atoms with E-state index in [0.717, 1.165) is 17.5 Å². The van der Waals surface area contributed by atoms with E-state index in [2.05, 4.69) is 4.90 Å². The Labute approximate surface area is 165 Å². The SMILES string of the molecule is COc1ccc(S(=O)(=O)N2CCN(c3ccc(C=O)c(C)c3)CC2)c(OC)c1. The number of benzene rings is 2. The molecule has 2 aromatic carbocycles. The summed E-state index contributed by atoms with van der Waals surface area (Å²) < 4.78 is 38.1. The van der Waals surface area contributed by atoms with Crippen LogP contribution < -0.4 is 14.4 Å². The van der Waals surface area contributed by atoms with Crippen LogP contribution in [0.3, 0.4) is 0 Å². The van der Waals surface area contributed by atoms with Gasteiger partial charge in [0, 0.05) is 43.5 Å². The van der Waals surface area contributed by atoms with E-state index in [1.807, 2.05) is 19.1 Å². The molecule has 7 nitrogen and oxygen atoms in total. The van der Waals surface area contributed by atoms with Crippen LogP contribution in [0.2, 0.25) is 0 Å². The van der Waals surface area contributed by atoms with Gasteiger partial charge in [-0.05, 0) is 42.8 Å². The Balaban J connectivity index is 1.77. The van der Waals surface area contributed by atoms with E-state index in [0.29, 0.717) is 37.5 Å². The van der Waals surface area contributed by atoms with Gasteiger partial charge in [-0.25, -0.2) is 8.42 Å². The number of carbonyl (C=O) groups is 1. The van der Waals surface area contributed by atoms with Crippen LogP contribution in [0.1, 0.15) is 15.9 Å². The smallest absolute Gasteiger partial charge is 0.246 e. The molecular weight excluding hydrogens is 380 g/mol. The summed E-state index contributed by atoms with van der Waals surface area (Å²) in [6.45, 7) is 3.76. The van der Waals surface area contributed by atoms with Gasteiger partial charge >= 0.3 is 0 Å². The van der Waals surface area contributed by atoms with E-state index in [9.17, 15) is 13.2 Å². The molecule has 0 saturated carbocycles. The van der Waals surface area contributed by atoms with Gasteiger partial charge in [-0.2, -0.15) is 4.31 Å². The fourth-order valence-electron chi connectivity index (χ4n) is 3.30. The van der Waals surface area contributed by atoms with E-state index < -0.39 is 10.0 Å². The fraction of sp³-hybridized carbons (Fsp3) is 0.350. The van der Waals surface area contributed by atoms with Gasteiger partial charge in [0.15, 0.2) is 0 Å². The number of nitrogens with zero attached hydrogens (tertiary/aromatic N) is 2. The highest BCUT2D eigenvalue weighted by Crippen LogP contribution is 2.31. The summed E-state index contributed by atoms with van der Waals surface area (Å²) in [5.74, 6) is 0.802. The normalized spacial score (nSPS) is 15.3. The molecule has 0 atom stereocenters. The zero-order valence-electron chi connectivity index (χ0n) is 16.2. The van der Waals surface area contributed by atoms with Gasteiger partial charge in [-0.3, -0.25) is 4.79 Å². The number of ether oxygens (including phenoxy) is 2. The van der Waals surface area contributed by atoms with Crippen molar-refractivity contribution in [3.05, 3.63) is 47.5 Å². The molecule has 0 aliphatic carbocycles. The third-order valence-corrected chi connectivity index (χ3v) is 6.91. The molecule has 0 amide bonds. The van der Waals surface area contributed by atoms with Crippen LogP contribution in [-0.2, 0) is 10.0 Å². The first-order valence-electron chi connectivity index (χ1n) is 8.93. The van der Waals surface area contributed by atoms with E-state index in [1.54, 1.807) is 18.2 Å². The molecule has 1 aliphatic rings. The Bertz CT molecular complexity index is 967. The van der Waals surface area contributed by atoms with E-state index in [1.165, 1.54) is 24.6 Å². The summed E-state index contributed by atoms with van der Waals surface area (Å²) in [6.07, 6.45) is 0.839. The maximum Gasteiger partial charge on any atom is 0.246 e. The lowest BCUT2D eigenvalue weighted by Crippen LogP contribution is -2.48. The molecule has 8 heteroatoms.